The van der Waals surface area contributed by atoms with E-state index in [1.807, 2.05) is 43.1 Å². The molecule has 0 amide bonds. The quantitative estimate of drug-likeness (QED) is 0.899. The molecule has 1 fully saturated rings. The SMILES string of the molecule is CNCc1ccc(CS(=O)(=O)N2CCSC(C)(C)C2)cc1. The highest BCUT2D eigenvalue weighted by atomic mass is 32.2. The lowest BCUT2D eigenvalue weighted by molar-refractivity contribution is 0.387. The van der Waals surface area contributed by atoms with E-state index in [2.05, 4.69) is 19.2 Å². The summed E-state index contributed by atoms with van der Waals surface area (Å²) < 4.78 is 26.8. The molecule has 1 aromatic rings. The molecule has 0 radical (unpaired) electrons. The Morgan fingerprint density at radius 2 is 1.86 bits per heavy atom. The number of hydrogen-bond acceptors (Lipinski definition) is 4. The Bertz CT molecular complexity index is 568. The van der Waals surface area contributed by atoms with Crippen molar-refractivity contribution >= 4 is 21.8 Å². The summed E-state index contributed by atoms with van der Waals surface area (Å²) in [6, 6.07) is 7.79. The van der Waals surface area contributed by atoms with E-state index in [0.29, 0.717) is 13.1 Å². The van der Waals surface area contributed by atoms with Gasteiger partial charge in [0.2, 0.25) is 10.0 Å². The van der Waals surface area contributed by atoms with Crippen molar-refractivity contribution in [2.45, 2.75) is 30.9 Å². The molecule has 0 unspecified atom stereocenters. The van der Waals surface area contributed by atoms with Crippen molar-refractivity contribution < 1.29 is 8.42 Å². The minimum absolute atomic E-state index is 0.00196. The van der Waals surface area contributed by atoms with E-state index in [1.54, 1.807) is 4.31 Å². The van der Waals surface area contributed by atoms with E-state index in [0.717, 1.165) is 23.4 Å². The molecule has 1 heterocycles. The smallest absolute Gasteiger partial charge is 0.218 e. The third-order valence-electron chi connectivity index (χ3n) is 3.54. The number of thioether (sulfide) groups is 1. The Labute approximate surface area is 132 Å². The summed E-state index contributed by atoms with van der Waals surface area (Å²) in [5.41, 5.74) is 2.01. The summed E-state index contributed by atoms with van der Waals surface area (Å²) >= 11 is 1.84. The zero-order valence-electron chi connectivity index (χ0n) is 12.9. The van der Waals surface area contributed by atoms with Gasteiger partial charge in [-0.05, 0) is 32.0 Å². The van der Waals surface area contributed by atoms with Crippen molar-refractivity contribution in [3.05, 3.63) is 35.4 Å². The number of nitrogens with one attached hydrogen (secondary N) is 1. The fourth-order valence-corrected chi connectivity index (χ4v) is 5.46. The van der Waals surface area contributed by atoms with Crippen molar-refractivity contribution in [1.82, 2.24) is 9.62 Å². The standard InChI is InChI=1S/C15H24N2O2S2/c1-15(2)12-17(8-9-20-15)21(18,19)11-14-6-4-13(5-7-14)10-16-3/h4-7,16H,8-12H2,1-3H3. The molecular weight excluding hydrogens is 304 g/mol. The summed E-state index contributed by atoms with van der Waals surface area (Å²) in [6.07, 6.45) is 0. The van der Waals surface area contributed by atoms with Gasteiger partial charge in [0.1, 0.15) is 0 Å². The average Bonchev–Trinajstić information content (AvgIpc) is 2.40. The molecule has 1 saturated heterocycles. The Morgan fingerprint density at radius 1 is 1.24 bits per heavy atom. The first-order chi connectivity index (χ1) is 9.82. The molecule has 2 rings (SSSR count). The lowest BCUT2D eigenvalue weighted by atomic mass is 10.1. The molecular formula is C15H24N2O2S2. The second kappa shape index (κ2) is 6.69. The van der Waals surface area contributed by atoms with Crippen LogP contribution in [0.1, 0.15) is 25.0 Å². The Hall–Kier alpha value is -0.560. The Kier molecular flexibility index (Phi) is 5.35. The molecule has 1 aliphatic heterocycles. The van der Waals surface area contributed by atoms with Crippen LogP contribution < -0.4 is 5.32 Å². The molecule has 1 N–H and O–H groups in total. The van der Waals surface area contributed by atoms with Gasteiger partial charge in [-0.25, -0.2) is 8.42 Å². The topological polar surface area (TPSA) is 49.4 Å². The molecule has 0 saturated carbocycles. The van der Waals surface area contributed by atoms with Crippen molar-refractivity contribution in [3.63, 3.8) is 0 Å². The van der Waals surface area contributed by atoms with Crippen molar-refractivity contribution in [2.24, 2.45) is 0 Å². The van der Waals surface area contributed by atoms with Crippen LogP contribution in [0.4, 0.5) is 0 Å². The molecule has 1 aromatic carbocycles. The van der Waals surface area contributed by atoms with Gasteiger partial charge in [-0.15, -0.1) is 0 Å². The van der Waals surface area contributed by atoms with Gasteiger partial charge < -0.3 is 5.32 Å². The number of nitrogens with zero attached hydrogens (tertiary/aromatic N) is 1. The normalized spacial score (nSPS) is 19.6. The Balaban J connectivity index is 2.06. The number of sulfonamides is 1. The Morgan fingerprint density at radius 3 is 2.43 bits per heavy atom. The maximum Gasteiger partial charge on any atom is 0.218 e. The molecule has 0 spiro atoms. The lowest BCUT2D eigenvalue weighted by Crippen LogP contribution is -2.46. The van der Waals surface area contributed by atoms with Crippen LogP contribution in [0.3, 0.4) is 0 Å². The van der Waals surface area contributed by atoms with Crippen LogP contribution in [-0.4, -0.2) is 43.4 Å². The maximum absolute atomic E-state index is 12.6. The van der Waals surface area contributed by atoms with Gasteiger partial charge in [-0.3, -0.25) is 0 Å². The van der Waals surface area contributed by atoms with E-state index in [1.165, 1.54) is 0 Å². The van der Waals surface area contributed by atoms with Crippen LogP contribution in [0, 0.1) is 0 Å². The van der Waals surface area contributed by atoms with E-state index < -0.39 is 10.0 Å². The average molecular weight is 329 g/mol. The summed E-state index contributed by atoms with van der Waals surface area (Å²) in [5, 5.41) is 3.08. The lowest BCUT2D eigenvalue weighted by Gasteiger charge is -2.36. The van der Waals surface area contributed by atoms with Gasteiger partial charge in [0, 0.05) is 30.1 Å². The predicted octanol–water partition coefficient (Wildman–Crippen LogP) is 2.06. The van der Waals surface area contributed by atoms with Crippen molar-refractivity contribution in [2.75, 3.05) is 25.9 Å². The first-order valence-electron chi connectivity index (χ1n) is 7.17. The monoisotopic (exact) mass is 328 g/mol. The van der Waals surface area contributed by atoms with Crippen LogP contribution in [-0.2, 0) is 22.3 Å². The predicted molar refractivity (Wildman–Crippen MR) is 89.9 cm³/mol. The van der Waals surface area contributed by atoms with Crippen LogP contribution >= 0.6 is 11.8 Å². The molecule has 0 aromatic heterocycles. The first kappa shape index (κ1) is 16.8. The fraction of sp³-hybridized carbons (Fsp3) is 0.600. The third kappa shape index (κ3) is 4.71. The number of hydrogen-bond donors (Lipinski definition) is 1. The minimum atomic E-state index is -3.23. The fourth-order valence-electron chi connectivity index (χ4n) is 2.47. The van der Waals surface area contributed by atoms with Crippen LogP contribution in [0.5, 0.6) is 0 Å². The van der Waals surface area contributed by atoms with E-state index >= 15 is 0 Å². The molecule has 0 atom stereocenters. The van der Waals surface area contributed by atoms with Gasteiger partial charge in [-0.2, -0.15) is 16.1 Å². The zero-order valence-corrected chi connectivity index (χ0v) is 14.6. The largest absolute Gasteiger partial charge is 0.316 e. The minimum Gasteiger partial charge on any atom is -0.316 e. The summed E-state index contributed by atoms with van der Waals surface area (Å²) in [4.78, 5) is 0. The highest BCUT2D eigenvalue weighted by Gasteiger charge is 2.33. The van der Waals surface area contributed by atoms with Gasteiger partial charge in [0.15, 0.2) is 0 Å². The molecule has 1 aliphatic rings. The highest BCUT2D eigenvalue weighted by Crippen LogP contribution is 2.31. The molecule has 4 nitrogen and oxygen atoms in total. The molecule has 6 heteroatoms. The maximum atomic E-state index is 12.6. The van der Waals surface area contributed by atoms with Gasteiger partial charge in [0.05, 0.1) is 5.75 Å². The number of rotatable bonds is 5. The summed E-state index contributed by atoms with van der Waals surface area (Å²) in [5.74, 6) is 0.959. The molecule has 21 heavy (non-hydrogen) atoms. The summed E-state index contributed by atoms with van der Waals surface area (Å²) in [7, 11) is -1.33. The first-order valence-corrected chi connectivity index (χ1v) is 9.76. The van der Waals surface area contributed by atoms with Crippen molar-refractivity contribution in [1.29, 1.82) is 0 Å². The van der Waals surface area contributed by atoms with E-state index in [-0.39, 0.29) is 10.5 Å². The van der Waals surface area contributed by atoms with E-state index in [9.17, 15) is 8.42 Å². The van der Waals surface area contributed by atoms with Gasteiger partial charge in [0.25, 0.3) is 0 Å². The second-order valence-electron chi connectivity index (χ2n) is 6.04. The zero-order chi connectivity index (χ0) is 15.5. The summed E-state index contributed by atoms with van der Waals surface area (Å²) in [6.45, 7) is 6.22. The number of benzene rings is 1. The second-order valence-corrected chi connectivity index (χ2v) is 9.82. The van der Waals surface area contributed by atoms with Gasteiger partial charge >= 0.3 is 0 Å². The molecule has 118 valence electrons. The van der Waals surface area contributed by atoms with Gasteiger partial charge in [-0.1, -0.05) is 24.3 Å². The molecule has 0 aliphatic carbocycles. The molecule has 0 bridgehead atoms. The van der Waals surface area contributed by atoms with Crippen molar-refractivity contribution in [3.8, 4) is 0 Å². The van der Waals surface area contributed by atoms with Crippen LogP contribution in [0.2, 0.25) is 0 Å². The third-order valence-corrected chi connectivity index (χ3v) is 6.63. The van der Waals surface area contributed by atoms with Crippen LogP contribution in [0.15, 0.2) is 24.3 Å². The van der Waals surface area contributed by atoms with E-state index in [4.69, 9.17) is 0 Å². The highest BCUT2D eigenvalue weighted by molar-refractivity contribution is 8.00. The van der Waals surface area contributed by atoms with Crippen LogP contribution in [0.25, 0.3) is 0 Å².